The molecule has 1 heterocycles. The van der Waals surface area contributed by atoms with E-state index in [-0.39, 0.29) is 11.9 Å². The second kappa shape index (κ2) is 3.66. The Morgan fingerprint density at radius 1 is 1.54 bits per heavy atom. The third-order valence-electron chi connectivity index (χ3n) is 3.07. The van der Waals surface area contributed by atoms with Crippen molar-refractivity contribution in [1.82, 2.24) is 5.32 Å². The Morgan fingerprint density at radius 3 is 2.92 bits per heavy atom. The van der Waals surface area contributed by atoms with Crippen molar-refractivity contribution < 1.29 is 9.53 Å². The van der Waals surface area contributed by atoms with Crippen LogP contribution in [-0.2, 0) is 9.53 Å². The van der Waals surface area contributed by atoms with Gasteiger partial charge in [0.15, 0.2) is 0 Å². The highest BCUT2D eigenvalue weighted by Crippen LogP contribution is 2.35. The molecule has 1 saturated heterocycles. The van der Waals surface area contributed by atoms with Gasteiger partial charge in [-0.2, -0.15) is 0 Å². The van der Waals surface area contributed by atoms with Gasteiger partial charge in [-0.25, -0.2) is 0 Å². The highest BCUT2D eigenvalue weighted by atomic mass is 16.5. The quantitative estimate of drug-likeness (QED) is 0.662. The third-order valence-corrected chi connectivity index (χ3v) is 3.07. The molecule has 1 aliphatic carbocycles. The summed E-state index contributed by atoms with van der Waals surface area (Å²) in [5.41, 5.74) is 0. The lowest BCUT2D eigenvalue weighted by molar-refractivity contribution is -0.144. The van der Waals surface area contributed by atoms with Gasteiger partial charge in [0.05, 0.1) is 13.0 Å². The Kier molecular flexibility index (Phi) is 2.54. The van der Waals surface area contributed by atoms with Gasteiger partial charge >= 0.3 is 5.97 Å². The Morgan fingerprint density at radius 2 is 2.31 bits per heavy atom. The van der Waals surface area contributed by atoms with Crippen LogP contribution in [0, 0.1) is 11.8 Å². The standard InChI is InChI=1S/C10H17NO2/c1-13-10(12)8-5-9(11-6-8)4-7-2-3-7/h7-9,11H,2-6H2,1H3. The molecule has 13 heavy (non-hydrogen) atoms. The van der Waals surface area contributed by atoms with Crippen molar-refractivity contribution >= 4 is 5.97 Å². The lowest BCUT2D eigenvalue weighted by Crippen LogP contribution is -2.22. The van der Waals surface area contributed by atoms with E-state index in [4.69, 9.17) is 4.74 Å². The number of rotatable bonds is 3. The van der Waals surface area contributed by atoms with Crippen molar-refractivity contribution in [2.45, 2.75) is 31.7 Å². The van der Waals surface area contributed by atoms with Crippen molar-refractivity contribution in [3.63, 3.8) is 0 Å². The lowest BCUT2D eigenvalue weighted by Gasteiger charge is -2.08. The molecule has 0 amide bonds. The maximum absolute atomic E-state index is 11.2. The fourth-order valence-corrected chi connectivity index (χ4v) is 2.10. The van der Waals surface area contributed by atoms with Crippen molar-refractivity contribution in [1.29, 1.82) is 0 Å². The molecular formula is C10H17NO2. The summed E-state index contributed by atoms with van der Waals surface area (Å²) in [6, 6.07) is 0.566. The first-order chi connectivity index (χ1) is 6.29. The maximum atomic E-state index is 11.2. The molecule has 0 radical (unpaired) electrons. The first kappa shape index (κ1) is 9.00. The van der Waals surface area contributed by atoms with Crippen LogP contribution in [0.2, 0.25) is 0 Å². The highest BCUT2D eigenvalue weighted by molar-refractivity contribution is 5.73. The van der Waals surface area contributed by atoms with Gasteiger partial charge < -0.3 is 10.1 Å². The highest BCUT2D eigenvalue weighted by Gasteiger charge is 2.33. The van der Waals surface area contributed by atoms with Gasteiger partial charge in [-0.05, 0) is 18.8 Å². The van der Waals surface area contributed by atoms with Gasteiger partial charge in [-0.1, -0.05) is 12.8 Å². The van der Waals surface area contributed by atoms with E-state index in [1.165, 1.54) is 26.4 Å². The van der Waals surface area contributed by atoms with Crippen LogP contribution < -0.4 is 5.32 Å². The average Bonchev–Trinajstić information content (AvgIpc) is 2.81. The Balaban J connectivity index is 1.75. The number of carbonyl (C=O) groups is 1. The van der Waals surface area contributed by atoms with Gasteiger partial charge in [0.1, 0.15) is 0 Å². The molecule has 2 fully saturated rings. The van der Waals surface area contributed by atoms with E-state index in [2.05, 4.69) is 5.32 Å². The van der Waals surface area contributed by atoms with Crippen molar-refractivity contribution in [2.75, 3.05) is 13.7 Å². The Bertz CT molecular complexity index is 201. The van der Waals surface area contributed by atoms with Gasteiger partial charge in [-0.15, -0.1) is 0 Å². The number of ether oxygens (including phenoxy) is 1. The maximum Gasteiger partial charge on any atom is 0.310 e. The zero-order chi connectivity index (χ0) is 9.26. The van der Waals surface area contributed by atoms with Crippen molar-refractivity contribution in [2.24, 2.45) is 11.8 Å². The molecule has 1 aliphatic heterocycles. The summed E-state index contributed by atoms with van der Waals surface area (Å²) in [4.78, 5) is 11.2. The van der Waals surface area contributed by atoms with Gasteiger partial charge in [0.2, 0.25) is 0 Å². The summed E-state index contributed by atoms with van der Waals surface area (Å²) in [5.74, 6) is 0.994. The van der Waals surface area contributed by atoms with Crippen LogP contribution in [-0.4, -0.2) is 25.7 Å². The summed E-state index contributed by atoms with van der Waals surface area (Å²) >= 11 is 0. The summed E-state index contributed by atoms with van der Waals surface area (Å²) in [6.45, 7) is 0.810. The van der Waals surface area contributed by atoms with Gasteiger partial charge in [0, 0.05) is 12.6 Å². The fourth-order valence-electron chi connectivity index (χ4n) is 2.10. The van der Waals surface area contributed by atoms with E-state index in [0.717, 1.165) is 18.9 Å². The lowest BCUT2D eigenvalue weighted by atomic mass is 10.0. The van der Waals surface area contributed by atoms with Crippen molar-refractivity contribution in [3.8, 4) is 0 Å². The molecule has 0 bridgehead atoms. The predicted molar refractivity (Wildman–Crippen MR) is 49.3 cm³/mol. The molecule has 0 aromatic heterocycles. The van der Waals surface area contributed by atoms with E-state index in [1.54, 1.807) is 0 Å². The van der Waals surface area contributed by atoms with Crippen LogP contribution >= 0.6 is 0 Å². The molecule has 1 N–H and O–H groups in total. The molecule has 2 aliphatic rings. The van der Waals surface area contributed by atoms with Gasteiger partial charge in [-0.3, -0.25) is 4.79 Å². The van der Waals surface area contributed by atoms with E-state index < -0.39 is 0 Å². The molecular weight excluding hydrogens is 166 g/mol. The normalized spacial score (nSPS) is 33.3. The monoisotopic (exact) mass is 183 g/mol. The van der Waals surface area contributed by atoms with Crippen LogP contribution in [0.3, 0.4) is 0 Å². The SMILES string of the molecule is COC(=O)C1CNC(CC2CC2)C1. The van der Waals surface area contributed by atoms with Crippen LogP contribution in [0.1, 0.15) is 25.7 Å². The number of hydrogen-bond donors (Lipinski definition) is 1. The zero-order valence-corrected chi connectivity index (χ0v) is 8.08. The molecule has 74 valence electrons. The van der Waals surface area contributed by atoms with Crippen LogP contribution in [0.15, 0.2) is 0 Å². The van der Waals surface area contributed by atoms with E-state index in [1.807, 2.05) is 0 Å². The Hall–Kier alpha value is -0.570. The molecule has 0 aromatic rings. The molecule has 3 nitrogen and oxygen atoms in total. The topological polar surface area (TPSA) is 38.3 Å². The molecule has 3 heteroatoms. The summed E-state index contributed by atoms with van der Waals surface area (Å²) in [6.07, 6.45) is 5.01. The van der Waals surface area contributed by atoms with Crippen molar-refractivity contribution in [3.05, 3.63) is 0 Å². The molecule has 0 spiro atoms. The predicted octanol–water partition coefficient (Wildman–Crippen LogP) is 0.938. The largest absolute Gasteiger partial charge is 0.469 e. The molecule has 1 saturated carbocycles. The number of nitrogens with one attached hydrogen (secondary N) is 1. The number of carbonyl (C=O) groups excluding carboxylic acids is 1. The second-order valence-electron chi connectivity index (χ2n) is 4.24. The zero-order valence-electron chi connectivity index (χ0n) is 8.08. The minimum atomic E-state index is -0.0502. The Labute approximate surface area is 78.8 Å². The van der Waals surface area contributed by atoms with Crippen LogP contribution in [0.4, 0.5) is 0 Å². The minimum Gasteiger partial charge on any atom is -0.469 e. The number of hydrogen-bond acceptors (Lipinski definition) is 3. The summed E-state index contributed by atoms with van der Waals surface area (Å²) in [7, 11) is 1.47. The number of esters is 1. The third kappa shape index (κ3) is 2.21. The molecule has 2 unspecified atom stereocenters. The summed E-state index contributed by atoms with van der Waals surface area (Å²) < 4.78 is 4.72. The average molecular weight is 183 g/mol. The van der Waals surface area contributed by atoms with Crippen LogP contribution in [0.5, 0.6) is 0 Å². The first-order valence-corrected chi connectivity index (χ1v) is 5.11. The number of methoxy groups -OCH3 is 1. The van der Waals surface area contributed by atoms with Crippen LogP contribution in [0.25, 0.3) is 0 Å². The summed E-state index contributed by atoms with van der Waals surface area (Å²) in [5, 5.41) is 3.39. The smallest absolute Gasteiger partial charge is 0.310 e. The van der Waals surface area contributed by atoms with E-state index in [0.29, 0.717) is 6.04 Å². The second-order valence-corrected chi connectivity index (χ2v) is 4.24. The van der Waals surface area contributed by atoms with E-state index in [9.17, 15) is 4.79 Å². The minimum absolute atomic E-state index is 0.0502. The molecule has 2 rings (SSSR count). The molecule has 0 aromatic carbocycles. The van der Waals surface area contributed by atoms with E-state index >= 15 is 0 Å². The molecule has 2 atom stereocenters. The van der Waals surface area contributed by atoms with Gasteiger partial charge in [0.25, 0.3) is 0 Å². The first-order valence-electron chi connectivity index (χ1n) is 5.11. The fraction of sp³-hybridized carbons (Fsp3) is 0.900.